The first-order valence-corrected chi connectivity index (χ1v) is 8.13. The minimum absolute atomic E-state index is 0.0183. The van der Waals surface area contributed by atoms with Gasteiger partial charge in [0.2, 0.25) is 11.8 Å². The molecule has 1 aromatic heterocycles. The van der Waals surface area contributed by atoms with Crippen LogP contribution in [0.4, 0.5) is 8.78 Å². The van der Waals surface area contributed by atoms with Crippen LogP contribution in [0.15, 0.2) is 47.1 Å². The lowest BCUT2D eigenvalue weighted by molar-refractivity contribution is -0.129. The highest BCUT2D eigenvalue weighted by Crippen LogP contribution is 2.22. The van der Waals surface area contributed by atoms with Crippen molar-refractivity contribution in [3.63, 3.8) is 0 Å². The number of rotatable bonds is 7. The maximum Gasteiger partial charge on any atom is 0.387 e. The number of hydrogen-bond acceptors (Lipinski definition) is 4. The molecular formula is C18H18F2N2O4. The number of likely N-dealkylation sites (tertiary alicyclic amines) is 1. The normalized spacial score (nSPS) is 17.0. The molecule has 1 aromatic carbocycles. The predicted molar refractivity (Wildman–Crippen MR) is 87.2 cm³/mol. The number of hydrogen-bond donors (Lipinski definition) is 1. The number of nitrogens with one attached hydrogen (secondary N) is 1. The molecule has 2 amide bonds. The number of carbonyl (C=O) groups excluding carboxylic acids is 2. The summed E-state index contributed by atoms with van der Waals surface area (Å²) >= 11 is 0. The van der Waals surface area contributed by atoms with Gasteiger partial charge in [-0.3, -0.25) is 9.59 Å². The number of halogens is 2. The number of benzene rings is 1. The molecule has 3 rings (SSSR count). The third kappa shape index (κ3) is 4.38. The van der Waals surface area contributed by atoms with Gasteiger partial charge in [0.25, 0.3) is 0 Å². The third-order valence-corrected chi connectivity index (χ3v) is 4.15. The molecule has 0 aliphatic carbocycles. The molecule has 0 bridgehead atoms. The highest BCUT2D eigenvalue weighted by Gasteiger charge is 2.34. The minimum Gasteiger partial charge on any atom is -0.467 e. The van der Waals surface area contributed by atoms with Crippen LogP contribution in [0, 0.1) is 5.92 Å². The predicted octanol–water partition coefficient (Wildman–Crippen LogP) is 2.55. The fraction of sp³-hybridized carbons (Fsp3) is 0.333. The highest BCUT2D eigenvalue weighted by molar-refractivity contribution is 5.89. The number of para-hydroxylation sites is 1. The van der Waals surface area contributed by atoms with Crippen LogP contribution in [0.25, 0.3) is 0 Å². The number of alkyl halides is 2. The van der Waals surface area contributed by atoms with Crippen molar-refractivity contribution in [2.45, 2.75) is 26.1 Å². The van der Waals surface area contributed by atoms with E-state index in [-0.39, 0.29) is 30.5 Å². The van der Waals surface area contributed by atoms with E-state index in [1.165, 1.54) is 12.3 Å². The zero-order valence-electron chi connectivity index (χ0n) is 13.9. The molecule has 0 radical (unpaired) electrons. The van der Waals surface area contributed by atoms with Gasteiger partial charge in [-0.2, -0.15) is 8.78 Å². The fourth-order valence-corrected chi connectivity index (χ4v) is 2.88. The van der Waals surface area contributed by atoms with Crippen molar-refractivity contribution < 1.29 is 27.5 Å². The molecule has 1 fully saturated rings. The van der Waals surface area contributed by atoms with E-state index < -0.39 is 12.5 Å². The van der Waals surface area contributed by atoms with E-state index in [1.807, 2.05) is 0 Å². The second-order valence-corrected chi connectivity index (χ2v) is 5.96. The van der Waals surface area contributed by atoms with Gasteiger partial charge in [0.15, 0.2) is 0 Å². The summed E-state index contributed by atoms with van der Waals surface area (Å²) in [6.07, 6.45) is 1.64. The number of nitrogens with zero attached hydrogens (tertiary/aromatic N) is 1. The van der Waals surface area contributed by atoms with E-state index in [0.717, 1.165) is 0 Å². The van der Waals surface area contributed by atoms with Gasteiger partial charge < -0.3 is 19.4 Å². The first kappa shape index (κ1) is 17.9. The maximum atomic E-state index is 12.4. The molecule has 0 unspecified atom stereocenters. The van der Waals surface area contributed by atoms with Gasteiger partial charge >= 0.3 is 6.61 Å². The minimum atomic E-state index is -2.94. The Balaban J connectivity index is 1.55. The molecule has 1 saturated heterocycles. The summed E-state index contributed by atoms with van der Waals surface area (Å²) in [6.45, 7) is -2.28. The molecule has 1 atom stereocenters. The molecular weight excluding hydrogens is 346 g/mol. The standard InChI is InChI=1S/C18H18F2N2O4/c19-18(20)26-15-6-2-1-4-12(15)9-21-17(24)13-8-16(23)22(10-13)11-14-5-3-7-25-14/h1-7,13,18H,8-11H2,(H,21,24)/t13-/m0/s1. The van der Waals surface area contributed by atoms with Gasteiger partial charge in [-0.15, -0.1) is 0 Å². The Morgan fingerprint density at radius 3 is 2.85 bits per heavy atom. The number of carbonyl (C=O) groups is 2. The topological polar surface area (TPSA) is 71.8 Å². The summed E-state index contributed by atoms with van der Waals surface area (Å²) < 4.78 is 34.5. The average Bonchev–Trinajstić information content (AvgIpc) is 3.24. The fourth-order valence-electron chi connectivity index (χ4n) is 2.88. The number of furan rings is 1. The summed E-state index contributed by atoms with van der Waals surface area (Å²) in [6, 6.07) is 9.76. The Kier molecular flexibility index (Phi) is 5.50. The molecule has 1 N–H and O–H groups in total. The Morgan fingerprint density at radius 2 is 2.12 bits per heavy atom. The molecule has 8 heteroatoms. The summed E-state index contributed by atoms with van der Waals surface area (Å²) in [7, 11) is 0. The lowest BCUT2D eigenvalue weighted by atomic mass is 10.1. The summed E-state index contributed by atoms with van der Waals surface area (Å²) in [5.74, 6) is -0.238. The Hall–Kier alpha value is -2.90. The van der Waals surface area contributed by atoms with Gasteiger partial charge in [-0.05, 0) is 18.2 Å². The molecule has 1 aliphatic heterocycles. The second kappa shape index (κ2) is 7.99. The van der Waals surface area contributed by atoms with Gasteiger partial charge in [0.05, 0.1) is 18.7 Å². The summed E-state index contributed by atoms with van der Waals surface area (Å²) in [5.41, 5.74) is 0.443. The average molecular weight is 364 g/mol. The monoisotopic (exact) mass is 364 g/mol. The summed E-state index contributed by atoms with van der Waals surface area (Å²) in [4.78, 5) is 26.0. The van der Waals surface area contributed by atoms with Gasteiger partial charge in [-0.1, -0.05) is 18.2 Å². The van der Waals surface area contributed by atoms with Crippen LogP contribution in [-0.2, 0) is 22.7 Å². The quantitative estimate of drug-likeness (QED) is 0.820. The Morgan fingerprint density at radius 1 is 1.31 bits per heavy atom. The molecule has 26 heavy (non-hydrogen) atoms. The molecule has 0 saturated carbocycles. The van der Waals surface area contributed by atoms with Crippen LogP contribution in [0.5, 0.6) is 5.75 Å². The summed E-state index contributed by atoms with van der Waals surface area (Å²) in [5, 5.41) is 2.69. The van der Waals surface area contributed by atoms with E-state index in [4.69, 9.17) is 4.42 Å². The number of amides is 2. The van der Waals surface area contributed by atoms with Gasteiger partial charge in [0, 0.05) is 25.1 Å². The van der Waals surface area contributed by atoms with Crippen molar-refractivity contribution in [3.05, 3.63) is 54.0 Å². The zero-order chi connectivity index (χ0) is 18.5. The smallest absolute Gasteiger partial charge is 0.387 e. The molecule has 2 aromatic rings. The highest BCUT2D eigenvalue weighted by atomic mass is 19.3. The Labute approximate surface area is 148 Å². The van der Waals surface area contributed by atoms with Crippen molar-refractivity contribution in [3.8, 4) is 5.75 Å². The molecule has 138 valence electrons. The van der Waals surface area contributed by atoms with Crippen LogP contribution < -0.4 is 10.1 Å². The van der Waals surface area contributed by atoms with E-state index in [1.54, 1.807) is 35.2 Å². The maximum absolute atomic E-state index is 12.4. The van der Waals surface area contributed by atoms with E-state index >= 15 is 0 Å². The molecule has 2 heterocycles. The molecule has 1 aliphatic rings. The zero-order valence-corrected chi connectivity index (χ0v) is 13.9. The van der Waals surface area contributed by atoms with Crippen LogP contribution in [-0.4, -0.2) is 29.9 Å². The van der Waals surface area contributed by atoms with Crippen molar-refractivity contribution in [1.29, 1.82) is 0 Å². The largest absolute Gasteiger partial charge is 0.467 e. The van der Waals surface area contributed by atoms with E-state index in [9.17, 15) is 18.4 Å². The first-order valence-electron chi connectivity index (χ1n) is 8.13. The lowest BCUT2D eigenvalue weighted by Gasteiger charge is -2.15. The molecule has 0 spiro atoms. The van der Waals surface area contributed by atoms with E-state index in [0.29, 0.717) is 24.4 Å². The van der Waals surface area contributed by atoms with Gasteiger partial charge in [0.1, 0.15) is 11.5 Å². The van der Waals surface area contributed by atoms with Crippen molar-refractivity contribution in [2.75, 3.05) is 6.54 Å². The molecule has 6 nitrogen and oxygen atoms in total. The van der Waals surface area contributed by atoms with Crippen LogP contribution in [0.2, 0.25) is 0 Å². The van der Waals surface area contributed by atoms with Gasteiger partial charge in [-0.25, -0.2) is 0 Å². The first-order chi connectivity index (χ1) is 12.5. The Bertz CT molecular complexity index is 764. The van der Waals surface area contributed by atoms with Crippen LogP contribution >= 0.6 is 0 Å². The number of ether oxygens (including phenoxy) is 1. The van der Waals surface area contributed by atoms with Crippen molar-refractivity contribution in [1.82, 2.24) is 10.2 Å². The van der Waals surface area contributed by atoms with Crippen LogP contribution in [0.1, 0.15) is 17.7 Å². The van der Waals surface area contributed by atoms with Crippen molar-refractivity contribution >= 4 is 11.8 Å². The van der Waals surface area contributed by atoms with E-state index in [2.05, 4.69) is 10.1 Å². The third-order valence-electron chi connectivity index (χ3n) is 4.15. The lowest BCUT2D eigenvalue weighted by Crippen LogP contribution is -2.32. The second-order valence-electron chi connectivity index (χ2n) is 5.96. The van der Waals surface area contributed by atoms with Crippen molar-refractivity contribution in [2.24, 2.45) is 5.92 Å². The van der Waals surface area contributed by atoms with Crippen LogP contribution in [0.3, 0.4) is 0 Å². The SMILES string of the molecule is O=C(NCc1ccccc1OC(F)F)[C@H]1CC(=O)N(Cc2ccco2)C1.